The Morgan fingerprint density at radius 1 is 1.19 bits per heavy atom. The SMILES string of the molecule is COc1ccc2sc(N(Cc3ccccc3)C(=O)C3CCN(S(C)(=O)=O)CC3)nc2c1. The van der Waals surface area contributed by atoms with Crippen LogP contribution in [-0.4, -0.2) is 50.1 Å². The Morgan fingerprint density at radius 2 is 1.90 bits per heavy atom. The average molecular weight is 460 g/mol. The zero-order chi connectivity index (χ0) is 22.0. The number of amides is 1. The van der Waals surface area contributed by atoms with Gasteiger partial charge in [0.1, 0.15) is 5.75 Å². The van der Waals surface area contributed by atoms with Gasteiger partial charge in [0.05, 0.1) is 30.1 Å². The fraction of sp³-hybridized carbons (Fsp3) is 0.364. The van der Waals surface area contributed by atoms with E-state index in [0.717, 1.165) is 21.5 Å². The Bertz CT molecular complexity index is 1170. The minimum absolute atomic E-state index is 0.0111. The maximum atomic E-state index is 13.6. The Labute approximate surface area is 186 Å². The topological polar surface area (TPSA) is 79.8 Å². The van der Waals surface area contributed by atoms with E-state index in [1.165, 1.54) is 21.9 Å². The second-order valence-corrected chi connectivity index (χ2v) is 10.7. The van der Waals surface area contributed by atoms with Gasteiger partial charge in [-0.25, -0.2) is 17.7 Å². The molecule has 0 saturated carbocycles. The van der Waals surface area contributed by atoms with Gasteiger partial charge in [0.15, 0.2) is 5.13 Å². The van der Waals surface area contributed by atoms with Gasteiger partial charge in [-0.2, -0.15) is 0 Å². The van der Waals surface area contributed by atoms with Gasteiger partial charge in [-0.1, -0.05) is 41.7 Å². The van der Waals surface area contributed by atoms with Gasteiger partial charge in [0.2, 0.25) is 15.9 Å². The molecule has 0 aliphatic carbocycles. The van der Waals surface area contributed by atoms with Gasteiger partial charge in [-0.3, -0.25) is 9.69 Å². The van der Waals surface area contributed by atoms with E-state index in [1.54, 1.807) is 12.0 Å². The summed E-state index contributed by atoms with van der Waals surface area (Å²) < 4.78 is 31.4. The van der Waals surface area contributed by atoms with Crippen molar-refractivity contribution in [1.29, 1.82) is 0 Å². The highest BCUT2D eigenvalue weighted by Gasteiger charge is 2.33. The van der Waals surface area contributed by atoms with Crippen LogP contribution in [0.5, 0.6) is 5.75 Å². The van der Waals surface area contributed by atoms with Crippen LogP contribution in [0.2, 0.25) is 0 Å². The quantitative estimate of drug-likeness (QED) is 0.564. The van der Waals surface area contributed by atoms with Crippen molar-refractivity contribution in [3.8, 4) is 5.75 Å². The fourth-order valence-electron chi connectivity index (χ4n) is 3.80. The lowest BCUT2D eigenvalue weighted by Gasteiger charge is -2.32. The van der Waals surface area contributed by atoms with Gasteiger partial charge in [0, 0.05) is 25.1 Å². The van der Waals surface area contributed by atoms with Crippen LogP contribution < -0.4 is 9.64 Å². The predicted molar refractivity (Wildman–Crippen MR) is 123 cm³/mol. The van der Waals surface area contributed by atoms with Gasteiger partial charge in [-0.05, 0) is 30.5 Å². The van der Waals surface area contributed by atoms with Crippen LogP contribution in [0.4, 0.5) is 5.13 Å². The molecule has 0 unspecified atom stereocenters. The third-order valence-electron chi connectivity index (χ3n) is 5.54. The molecule has 0 atom stereocenters. The van der Waals surface area contributed by atoms with Crippen LogP contribution >= 0.6 is 11.3 Å². The fourth-order valence-corrected chi connectivity index (χ4v) is 5.62. The predicted octanol–water partition coefficient (Wildman–Crippen LogP) is 3.51. The summed E-state index contributed by atoms with van der Waals surface area (Å²) >= 11 is 1.47. The number of piperidine rings is 1. The summed E-state index contributed by atoms with van der Waals surface area (Å²) in [5.41, 5.74) is 1.80. The van der Waals surface area contributed by atoms with Crippen LogP contribution in [-0.2, 0) is 21.4 Å². The van der Waals surface area contributed by atoms with E-state index in [4.69, 9.17) is 9.72 Å². The smallest absolute Gasteiger partial charge is 0.232 e. The molecule has 0 spiro atoms. The number of nitrogens with zero attached hydrogens (tertiary/aromatic N) is 3. The molecule has 31 heavy (non-hydrogen) atoms. The van der Waals surface area contributed by atoms with Crippen LogP contribution in [0, 0.1) is 5.92 Å². The second kappa shape index (κ2) is 8.94. The standard InChI is InChI=1S/C22H25N3O4S2/c1-29-18-8-9-20-19(14-18)23-22(30-20)25(15-16-6-4-3-5-7-16)21(26)17-10-12-24(13-11-17)31(2,27)28/h3-9,14,17H,10-13,15H2,1-2H3. The molecular formula is C22H25N3O4S2. The lowest BCUT2D eigenvalue weighted by Crippen LogP contribution is -2.44. The molecule has 0 N–H and O–H groups in total. The van der Waals surface area contributed by atoms with E-state index in [-0.39, 0.29) is 11.8 Å². The molecule has 9 heteroatoms. The van der Waals surface area contributed by atoms with E-state index < -0.39 is 10.0 Å². The summed E-state index contributed by atoms with van der Waals surface area (Å²) in [6.07, 6.45) is 2.23. The number of hydrogen-bond acceptors (Lipinski definition) is 6. The molecule has 164 valence electrons. The third kappa shape index (κ3) is 4.89. The van der Waals surface area contributed by atoms with E-state index >= 15 is 0 Å². The number of anilines is 1. The number of benzene rings is 2. The molecule has 2 aromatic carbocycles. The number of aromatic nitrogens is 1. The highest BCUT2D eigenvalue weighted by molar-refractivity contribution is 7.88. The molecule has 0 radical (unpaired) electrons. The Hall–Kier alpha value is -2.49. The Kier molecular flexibility index (Phi) is 6.27. The summed E-state index contributed by atoms with van der Waals surface area (Å²) in [5.74, 6) is 0.477. The number of ether oxygens (including phenoxy) is 1. The van der Waals surface area contributed by atoms with Crippen molar-refractivity contribution in [2.75, 3.05) is 31.4 Å². The molecule has 0 bridgehead atoms. The number of fused-ring (bicyclic) bond motifs is 1. The number of hydrogen-bond donors (Lipinski definition) is 0. The lowest BCUT2D eigenvalue weighted by atomic mass is 9.96. The maximum absolute atomic E-state index is 13.6. The Balaban J connectivity index is 1.62. The van der Waals surface area contributed by atoms with Gasteiger partial charge >= 0.3 is 0 Å². The first kappa shape index (κ1) is 21.7. The zero-order valence-electron chi connectivity index (χ0n) is 17.5. The van der Waals surface area contributed by atoms with Gasteiger partial charge < -0.3 is 4.74 Å². The number of carbonyl (C=O) groups is 1. The van der Waals surface area contributed by atoms with Crippen molar-refractivity contribution in [3.63, 3.8) is 0 Å². The highest BCUT2D eigenvalue weighted by atomic mass is 32.2. The average Bonchev–Trinajstić information content (AvgIpc) is 3.20. The molecule has 4 rings (SSSR count). The van der Waals surface area contributed by atoms with Gasteiger partial charge in [0.25, 0.3) is 0 Å². The molecule has 3 aromatic rings. The van der Waals surface area contributed by atoms with Crippen molar-refractivity contribution in [2.45, 2.75) is 19.4 Å². The van der Waals surface area contributed by atoms with Crippen molar-refractivity contribution < 1.29 is 17.9 Å². The first-order chi connectivity index (χ1) is 14.8. The molecule has 1 saturated heterocycles. The van der Waals surface area contributed by atoms with E-state index in [9.17, 15) is 13.2 Å². The molecule has 2 heterocycles. The Morgan fingerprint density at radius 3 is 2.55 bits per heavy atom. The van der Waals surface area contributed by atoms with E-state index in [2.05, 4.69) is 0 Å². The number of methoxy groups -OCH3 is 1. The van der Waals surface area contributed by atoms with Crippen molar-refractivity contribution in [2.24, 2.45) is 5.92 Å². The van der Waals surface area contributed by atoms with Crippen molar-refractivity contribution in [1.82, 2.24) is 9.29 Å². The summed E-state index contributed by atoms with van der Waals surface area (Å²) in [6, 6.07) is 15.5. The molecule has 1 aliphatic heterocycles. The summed E-state index contributed by atoms with van der Waals surface area (Å²) in [6.45, 7) is 1.15. The van der Waals surface area contributed by atoms with Gasteiger partial charge in [-0.15, -0.1) is 0 Å². The number of carbonyl (C=O) groups excluding carboxylic acids is 1. The largest absolute Gasteiger partial charge is 0.497 e. The first-order valence-corrected chi connectivity index (χ1v) is 12.8. The maximum Gasteiger partial charge on any atom is 0.232 e. The zero-order valence-corrected chi connectivity index (χ0v) is 19.2. The van der Waals surface area contributed by atoms with E-state index in [0.29, 0.717) is 37.6 Å². The van der Waals surface area contributed by atoms with Crippen LogP contribution in [0.3, 0.4) is 0 Å². The molecular weight excluding hydrogens is 434 g/mol. The first-order valence-electron chi connectivity index (χ1n) is 10.1. The second-order valence-electron chi connectivity index (χ2n) is 7.68. The van der Waals surface area contributed by atoms with Crippen molar-refractivity contribution >= 4 is 42.6 Å². The monoisotopic (exact) mass is 459 g/mol. The summed E-state index contributed by atoms with van der Waals surface area (Å²) in [4.78, 5) is 20.0. The highest BCUT2D eigenvalue weighted by Crippen LogP contribution is 2.34. The van der Waals surface area contributed by atoms with Crippen LogP contribution in [0.15, 0.2) is 48.5 Å². The van der Waals surface area contributed by atoms with Crippen LogP contribution in [0.1, 0.15) is 18.4 Å². The molecule has 1 aromatic heterocycles. The van der Waals surface area contributed by atoms with E-state index in [1.807, 2.05) is 48.5 Å². The van der Waals surface area contributed by atoms with Crippen LogP contribution in [0.25, 0.3) is 10.2 Å². The summed E-state index contributed by atoms with van der Waals surface area (Å²) in [5, 5.41) is 0.641. The summed E-state index contributed by atoms with van der Waals surface area (Å²) in [7, 11) is -1.62. The third-order valence-corrected chi connectivity index (χ3v) is 7.90. The minimum atomic E-state index is -3.23. The van der Waals surface area contributed by atoms with Crippen molar-refractivity contribution in [3.05, 3.63) is 54.1 Å². The number of thiazole rings is 1. The number of rotatable bonds is 6. The normalized spacial score (nSPS) is 15.8. The number of sulfonamides is 1. The minimum Gasteiger partial charge on any atom is -0.497 e. The molecule has 1 amide bonds. The molecule has 7 nitrogen and oxygen atoms in total. The lowest BCUT2D eigenvalue weighted by molar-refractivity contribution is -0.123. The molecule has 1 aliphatic rings. The molecule has 1 fully saturated rings.